The number of aromatic nitrogens is 2. The average molecular weight is 244 g/mol. The number of hydrogen-bond donors (Lipinski definition) is 2. The fraction of sp³-hybridized carbons (Fsp3) is 0.385. The normalized spacial score (nSPS) is 16.9. The Kier molecular flexibility index (Phi) is 2.29. The Hall–Kier alpha value is -2.04. The first-order chi connectivity index (χ1) is 8.58. The molecule has 0 aliphatic heterocycles. The first-order valence-electron chi connectivity index (χ1n) is 6.14. The van der Waals surface area contributed by atoms with E-state index < -0.39 is 0 Å². The summed E-state index contributed by atoms with van der Waals surface area (Å²) >= 11 is 0. The van der Waals surface area contributed by atoms with Crippen LogP contribution in [0.25, 0.3) is 11.0 Å². The maximum Gasteiger partial charge on any atom is 0.240 e. The number of anilines is 1. The minimum atomic E-state index is -0.380. The van der Waals surface area contributed by atoms with Crippen LogP contribution in [0.2, 0.25) is 0 Å². The first kappa shape index (κ1) is 11.1. The number of carbonyl (C=O) groups is 1. The van der Waals surface area contributed by atoms with Crippen LogP contribution >= 0.6 is 0 Å². The number of rotatable bonds is 3. The second-order valence-corrected chi connectivity index (χ2v) is 4.94. The number of fused-ring (bicyclic) bond motifs is 1. The Morgan fingerprint density at radius 1 is 1.50 bits per heavy atom. The predicted molar refractivity (Wildman–Crippen MR) is 70.0 cm³/mol. The van der Waals surface area contributed by atoms with Gasteiger partial charge in [0.05, 0.1) is 11.0 Å². The zero-order valence-electron chi connectivity index (χ0n) is 10.3. The molecule has 5 heteroatoms. The third kappa shape index (κ3) is 1.63. The molecule has 2 aromatic rings. The van der Waals surface area contributed by atoms with Crippen LogP contribution in [0, 0.1) is 0 Å². The maximum absolute atomic E-state index is 11.5. The summed E-state index contributed by atoms with van der Waals surface area (Å²) in [6.07, 6.45) is 2.26. The Labute approximate surface area is 105 Å². The number of benzene rings is 1. The molecule has 4 N–H and O–H groups in total. The number of primary amides is 1. The van der Waals surface area contributed by atoms with Gasteiger partial charge in [-0.1, -0.05) is 0 Å². The van der Waals surface area contributed by atoms with Gasteiger partial charge >= 0.3 is 0 Å². The van der Waals surface area contributed by atoms with Crippen molar-refractivity contribution < 1.29 is 4.79 Å². The molecule has 1 aromatic carbocycles. The quantitative estimate of drug-likeness (QED) is 0.803. The molecule has 1 amide bonds. The first-order valence-corrected chi connectivity index (χ1v) is 6.14. The lowest BCUT2D eigenvalue weighted by molar-refractivity contribution is -0.120. The third-order valence-electron chi connectivity index (χ3n) is 3.48. The van der Waals surface area contributed by atoms with Gasteiger partial charge in [-0.2, -0.15) is 0 Å². The van der Waals surface area contributed by atoms with Gasteiger partial charge in [0.2, 0.25) is 5.91 Å². The predicted octanol–water partition coefficient (Wildman–Crippen LogP) is 1.54. The fourth-order valence-corrected chi connectivity index (χ4v) is 2.30. The number of carbonyl (C=O) groups excluding carboxylic acids is 1. The second kappa shape index (κ2) is 3.73. The molecule has 1 aromatic heterocycles. The molecule has 1 atom stereocenters. The van der Waals surface area contributed by atoms with E-state index in [4.69, 9.17) is 11.5 Å². The van der Waals surface area contributed by atoms with Crippen molar-refractivity contribution in [1.82, 2.24) is 9.55 Å². The number of amides is 1. The van der Waals surface area contributed by atoms with E-state index in [-0.39, 0.29) is 11.9 Å². The average Bonchev–Trinajstić information content (AvgIpc) is 3.09. The summed E-state index contributed by atoms with van der Waals surface area (Å²) in [6, 6.07) is 5.19. The molecule has 0 spiro atoms. The van der Waals surface area contributed by atoms with Crippen molar-refractivity contribution in [3.8, 4) is 0 Å². The molecular weight excluding hydrogens is 228 g/mol. The molecule has 1 aliphatic rings. The molecule has 0 radical (unpaired) electrons. The smallest absolute Gasteiger partial charge is 0.240 e. The van der Waals surface area contributed by atoms with Gasteiger partial charge in [0.1, 0.15) is 11.9 Å². The van der Waals surface area contributed by atoms with E-state index in [9.17, 15) is 4.79 Å². The molecule has 1 saturated carbocycles. The van der Waals surface area contributed by atoms with E-state index in [0.717, 1.165) is 29.7 Å². The highest BCUT2D eigenvalue weighted by atomic mass is 16.1. The molecule has 3 rings (SSSR count). The number of nitrogen functional groups attached to an aromatic ring is 1. The summed E-state index contributed by atoms with van der Waals surface area (Å²) in [5, 5.41) is 0. The van der Waals surface area contributed by atoms with Crippen LogP contribution < -0.4 is 11.5 Å². The van der Waals surface area contributed by atoms with Gasteiger partial charge in [-0.3, -0.25) is 4.79 Å². The standard InChI is InChI=1S/C13H16N4O/c1-7(12(15)18)17-11-5-4-9(14)6-10(11)16-13(17)8-2-3-8/h4-8H,2-3,14H2,1H3,(H2,15,18). The van der Waals surface area contributed by atoms with E-state index in [1.165, 1.54) is 0 Å². The molecule has 5 nitrogen and oxygen atoms in total. The zero-order valence-corrected chi connectivity index (χ0v) is 10.3. The van der Waals surface area contributed by atoms with Crippen molar-refractivity contribution in [3.05, 3.63) is 24.0 Å². The third-order valence-corrected chi connectivity index (χ3v) is 3.48. The number of nitrogens with two attached hydrogens (primary N) is 2. The Morgan fingerprint density at radius 2 is 2.22 bits per heavy atom. The highest BCUT2D eigenvalue weighted by Gasteiger charge is 2.31. The summed E-state index contributed by atoms with van der Waals surface area (Å²) < 4.78 is 1.95. The summed E-state index contributed by atoms with van der Waals surface area (Å²) in [6.45, 7) is 1.81. The molecule has 0 saturated heterocycles. The number of hydrogen-bond acceptors (Lipinski definition) is 3. The molecule has 1 aliphatic carbocycles. The van der Waals surface area contributed by atoms with Crippen LogP contribution in [0.1, 0.15) is 37.5 Å². The van der Waals surface area contributed by atoms with Crippen LogP contribution in [0.5, 0.6) is 0 Å². The minimum Gasteiger partial charge on any atom is -0.399 e. The fourth-order valence-electron chi connectivity index (χ4n) is 2.30. The largest absolute Gasteiger partial charge is 0.399 e. The molecule has 0 bridgehead atoms. The van der Waals surface area contributed by atoms with Crippen LogP contribution in [-0.2, 0) is 4.79 Å². The van der Waals surface area contributed by atoms with E-state index in [0.29, 0.717) is 11.6 Å². The SMILES string of the molecule is CC(C(N)=O)n1c(C2CC2)nc2cc(N)ccc21. The Bertz CT molecular complexity index is 627. The van der Waals surface area contributed by atoms with E-state index in [1.807, 2.05) is 29.7 Å². The molecule has 18 heavy (non-hydrogen) atoms. The number of nitrogens with zero attached hydrogens (tertiary/aromatic N) is 2. The van der Waals surface area contributed by atoms with E-state index in [2.05, 4.69) is 4.98 Å². The van der Waals surface area contributed by atoms with E-state index >= 15 is 0 Å². The van der Waals surface area contributed by atoms with Gasteiger partial charge in [-0.25, -0.2) is 4.98 Å². The van der Waals surface area contributed by atoms with Gasteiger partial charge < -0.3 is 16.0 Å². The number of imidazole rings is 1. The maximum atomic E-state index is 11.5. The summed E-state index contributed by atoms with van der Waals surface area (Å²) in [5.74, 6) is 1.08. The van der Waals surface area contributed by atoms with Crippen molar-refractivity contribution in [1.29, 1.82) is 0 Å². The minimum absolute atomic E-state index is 0.340. The lowest BCUT2D eigenvalue weighted by Gasteiger charge is -2.14. The van der Waals surface area contributed by atoms with Crippen LogP contribution in [0.15, 0.2) is 18.2 Å². The van der Waals surface area contributed by atoms with Crippen LogP contribution in [0.4, 0.5) is 5.69 Å². The Morgan fingerprint density at radius 3 is 2.83 bits per heavy atom. The summed E-state index contributed by atoms with van der Waals surface area (Å²) in [7, 11) is 0. The monoisotopic (exact) mass is 244 g/mol. The molecule has 1 unspecified atom stereocenters. The highest BCUT2D eigenvalue weighted by Crippen LogP contribution is 2.41. The van der Waals surface area contributed by atoms with Crippen LogP contribution in [-0.4, -0.2) is 15.5 Å². The Balaban J connectivity index is 2.24. The highest BCUT2D eigenvalue weighted by molar-refractivity contribution is 5.84. The zero-order chi connectivity index (χ0) is 12.9. The van der Waals surface area contributed by atoms with Gasteiger partial charge in [0.15, 0.2) is 0 Å². The van der Waals surface area contributed by atoms with Crippen molar-refractivity contribution in [2.45, 2.75) is 31.7 Å². The molecule has 1 heterocycles. The topological polar surface area (TPSA) is 86.9 Å². The lowest BCUT2D eigenvalue weighted by Crippen LogP contribution is -2.25. The van der Waals surface area contributed by atoms with Crippen molar-refractivity contribution in [2.24, 2.45) is 5.73 Å². The van der Waals surface area contributed by atoms with Gasteiger partial charge in [-0.05, 0) is 38.0 Å². The summed E-state index contributed by atoms with van der Waals surface area (Å²) in [4.78, 5) is 16.1. The summed E-state index contributed by atoms with van der Waals surface area (Å²) in [5.41, 5.74) is 13.6. The molecular formula is C13H16N4O. The van der Waals surface area contributed by atoms with Crippen molar-refractivity contribution in [2.75, 3.05) is 5.73 Å². The van der Waals surface area contributed by atoms with Crippen molar-refractivity contribution in [3.63, 3.8) is 0 Å². The molecule has 94 valence electrons. The van der Waals surface area contributed by atoms with Gasteiger partial charge in [0, 0.05) is 11.6 Å². The molecule has 1 fully saturated rings. The van der Waals surface area contributed by atoms with Gasteiger partial charge in [-0.15, -0.1) is 0 Å². The lowest BCUT2D eigenvalue weighted by atomic mass is 10.2. The van der Waals surface area contributed by atoms with Gasteiger partial charge in [0.25, 0.3) is 0 Å². The van der Waals surface area contributed by atoms with Crippen LogP contribution in [0.3, 0.4) is 0 Å². The van der Waals surface area contributed by atoms with E-state index in [1.54, 1.807) is 0 Å². The van der Waals surface area contributed by atoms with Crippen molar-refractivity contribution >= 4 is 22.6 Å². The second-order valence-electron chi connectivity index (χ2n) is 4.94.